The predicted octanol–water partition coefficient (Wildman–Crippen LogP) is 3.02. The van der Waals surface area contributed by atoms with Gasteiger partial charge in [0.05, 0.1) is 11.3 Å². The van der Waals surface area contributed by atoms with E-state index in [4.69, 9.17) is 17.3 Å². The fourth-order valence-corrected chi connectivity index (χ4v) is 1.72. The van der Waals surface area contributed by atoms with Crippen molar-refractivity contribution in [3.05, 3.63) is 52.8 Å². The minimum atomic E-state index is -0.697. The maximum Gasteiger partial charge on any atom is 0.259 e. The number of carbonyl (C=O) groups excluding carboxylic acids is 1. The molecule has 0 atom stereocenters. The van der Waals surface area contributed by atoms with E-state index < -0.39 is 11.7 Å². The third kappa shape index (κ3) is 2.77. The van der Waals surface area contributed by atoms with Crippen molar-refractivity contribution < 1.29 is 14.3 Å². The summed E-state index contributed by atoms with van der Waals surface area (Å²) in [6.07, 6.45) is 0. The Hall–Kier alpha value is -2.27. The Bertz CT molecular complexity index is 626. The molecule has 4 nitrogen and oxygen atoms in total. The van der Waals surface area contributed by atoms with Crippen molar-refractivity contribution in [2.45, 2.75) is 0 Å². The second-order valence-corrected chi connectivity index (χ2v) is 4.26. The molecule has 0 bridgehead atoms. The Morgan fingerprint density at radius 2 is 2.05 bits per heavy atom. The number of hydrogen-bond donors (Lipinski definition) is 3. The third-order valence-corrected chi connectivity index (χ3v) is 2.72. The van der Waals surface area contributed by atoms with Crippen LogP contribution in [-0.4, -0.2) is 11.0 Å². The van der Waals surface area contributed by atoms with Gasteiger partial charge in [0.15, 0.2) is 0 Å². The molecule has 19 heavy (non-hydrogen) atoms. The predicted molar refractivity (Wildman–Crippen MR) is 71.9 cm³/mol. The highest BCUT2D eigenvalue weighted by Crippen LogP contribution is 2.26. The average Bonchev–Trinajstić information content (AvgIpc) is 2.37. The van der Waals surface area contributed by atoms with Crippen molar-refractivity contribution in [3.63, 3.8) is 0 Å². The number of amides is 1. The van der Waals surface area contributed by atoms with Crippen molar-refractivity contribution in [2.75, 3.05) is 11.1 Å². The number of para-hydroxylation sites is 1. The Labute approximate surface area is 113 Å². The summed E-state index contributed by atoms with van der Waals surface area (Å²) < 4.78 is 13.5. The zero-order valence-electron chi connectivity index (χ0n) is 9.65. The first-order chi connectivity index (χ1) is 8.99. The number of aromatic hydroxyl groups is 1. The van der Waals surface area contributed by atoms with Crippen molar-refractivity contribution in [1.29, 1.82) is 0 Å². The number of carbonyl (C=O) groups is 1. The van der Waals surface area contributed by atoms with Crippen LogP contribution in [0.1, 0.15) is 10.4 Å². The number of nitrogens with one attached hydrogen (secondary N) is 1. The molecule has 0 unspecified atom stereocenters. The molecule has 0 aliphatic heterocycles. The standard InChI is InChI=1S/C13H10ClFN2O2/c14-7-4-5-11(18)8(6-7)13(19)17-12-9(15)2-1-3-10(12)16/h1-6,18H,16H2,(H,17,19). The van der Waals surface area contributed by atoms with Gasteiger partial charge < -0.3 is 16.2 Å². The fraction of sp³-hybridized carbons (Fsp3) is 0. The van der Waals surface area contributed by atoms with Gasteiger partial charge in [0.25, 0.3) is 5.91 Å². The van der Waals surface area contributed by atoms with Crippen LogP contribution in [0.15, 0.2) is 36.4 Å². The molecule has 0 heterocycles. The number of rotatable bonds is 2. The monoisotopic (exact) mass is 280 g/mol. The van der Waals surface area contributed by atoms with Crippen LogP contribution in [0, 0.1) is 5.82 Å². The van der Waals surface area contributed by atoms with Crippen molar-refractivity contribution in [1.82, 2.24) is 0 Å². The van der Waals surface area contributed by atoms with Gasteiger partial charge in [-0.1, -0.05) is 17.7 Å². The molecule has 0 saturated carbocycles. The van der Waals surface area contributed by atoms with Crippen LogP contribution in [0.3, 0.4) is 0 Å². The van der Waals surface area contributed by atoms with Crippen LogP contribution in [0.25, 0.3) is 0 Å². The van der Waals surface area contributed by atoms with Crippen molar-refractivity contribution in [3.8, 4) is 5.75 Å². The molecule has 0 aromatic heterocycles. The van der Waals surface area contributed by atoms with E-state index in [1.807, 2.05) is 0 Å². The molecular weight excluding hydrogens is 271 g/mol. The van der Waals surface area contributed by atoms with Gasteiger partial charge in [-0.15, -0.1) is 0 Å². The van der Waals surface area contributed by atoms with Gasteiger partial charge in [-0.25, -0.2) is 4.39 Å². The first-order valence-electron chi connectivity index (χ1n) is 5.33. The smallest absolute Gasteiger partial charge is 0.259 e. The van der Waals surface area contributed by atoms with Gasteiger partial charge in [0, 0.05) is 5.02 Å². The molecule has 2 aromatic rings. The first kappa shape index (κ1) is 13.2. The summed E-state index contributed by atoms with van der Waals surface area (Å²) in [5.74, 6) is -1.61. The minimum Gasteiger partial charge on any atom is -0.507 e. The molecule has 98 valence electrons. The highest BCUT2D eigenvalue weighted by atomic mass is 35.5. The molecule has 2 rings (SSSR count). The molecule has 1 amide bonds. The highest BCUT2D eigenvalue weighted by molar-refractivity contribution is 6.31. The fourth-order valence-electron chi connectivity index (χ4n) is 1.54. The minimum absolute atomic E-state index is 0.0600. The Kier molecular flexibility index (Phi) is 3.57. The SMILES string of the molecule is Nc1cccc(F)c1NC(=O)c1cc(Cl)ccc1O. The third-order valence-electron chi connectivity index (χ3n) is 2.49. The van der Waals surface area contributed by atoms with E-state index in [-0.39, 0.29) is 27.7 Å². The quantitative estimate of drug-likeness (QED) is 0.740. The Morgan fingerprint density at radius 3 is 2.74 bits per heavy atom. The zero-order valence-corrected chi connectivity index (χ0v) is 10.4. The van der Waals surface area contributed by atoms with Gasteiger partial charge in [-0.3, -0.25) is 4.79 Å². The topological polar surface area (TPSA) is 75.3 Å². The number of benzene rings is 2. The van der Waals surface area contributed by atoms with E-state index in [0.29, 0.717) is 0 Å². The molecule has 6 heteroatoms. The summed E-state index contributed by atoms with van der Waals surface area (Å²) in [4.78, 5) is 11.9. The largest absolute Gasteiger partial charge is 0.507 e. The number of nitrogens with two attached hydrogens (primary N) is 1. The number of phenolic OH excluding ortho intramolecular Hbond substituents is 1. The second kappa shape index (κ2) is 5.16. The second-order valence-electron chi connectivity index (χ2n) is 3.82. The molecule has 0 spiro atoms. The highest BCUT2D eigenvalue weighted by Gasteiger charge is 2.15. The Balaban J connectivity index is 2.34. The van der Waals surface area contributed by atoms with Gasteiger partial charge in [0.1, 0.15) is 17.3 Å². The van der Waals surface area contributed by atoms with E-state index in [1.54, 1.807) is 0 Å². The summed E-state index contributed by atoms with van der Waals surface area (Å²) in [6.45, 7) is 0. The van der Waals surface area contributed by atoms with Gasteiger partial charge >= 0.3 is 0 Å². The van der Waals surface area contributed by atoms with Crippen LogP contribution in [-0.2, 0) is 0 Å². The number of hydrogen-bond acceptors (Lipinski definition) is 3. The number of nitrogen functional groups attached to an aromatic ring is 1. The number of phenols is 1. The summed E-state index contributed by atoms with van der Waals surface area (Å²) >= 11 is 5.74. The van der Waals surface area contributed by atoms with Gasteiger partial charge in [0.2, 0.25) is 0 Å². The molecule has 0 aliphatic rings. The normalized spacial score (nSPS) is 10.2. The summed E-state index contributed by atoms with van der Waals surface area (Å²) in [5, 5.41) is 12.2. The number of anilines is 2. The summed E-state index contributed by atoms with van der Waals surface area (Å²) in [6, 6.07) is 8.05. The molecule has 2 aromatic carbocycles. The van der Waals surface area contributed by atoms with Crippen molar-refractivity contribution >= 4 is 28.9 Å². The molecule has 4 N–H and O–H groups in total. The van der Waals surface area contributed by atoms with Gasteiger partial charge in [-0.2, -0.15) is 0 Å². The van der Waals surface area contributed by atoms with Crippen molar-refractivity contribution in [2.24, 2.45) is 0 Å². The maximum atomic E-state index is 13.5. The van der Waals surface area contributed by atoms with E-state index in [1.165, 1.54) is 36.4 Å². The molecule has 0 aliphatic carbocycles. The Morgan fingerprint density at radius 1 is 1.32 bits per heavy atom. The average molecular weight is 281 g/mol. The first-order valence-corrected chi connectivity index (χ1v) is 5.70. The lowest BCUT2D eigenvalue weighted by atomic mass is 10.1. The molecule has 0 radical (unpaired) electrons. The number of halogens is 2. The van der Waals surface area contributed by atoms with E-state index in [2.05, 4.69) is 5.32 Å². The van der Waals surface area contributed by atoms with Gasteiger partial charge in [-0.05, 0) is 30.3 Å². The molecule has 0 fully saturated rings. The van der Waals surface area contributed by atoms with E-state index in [9.17, 15) is 14.3 Å². The van der Waals surface area contributed by atoms with Crippen LogP contribution in [0.5, 0.6) is 5.75 Å². The van der Waals surface area contributed by atoms with E-state index >= 15 is 0 Å². The molecular formula is C13H10ClFN2O2. The lowest BCUT2D eigenvalue weighted by Gasteiger charge is -2.10. The van der Waals surface area contributed by atoms with Crippen LogP contribution < -0.4 is 11.1 Å². The van der Waals surface area contributed by atoms with Crippen LogP contribution in [0.4, 0.5) is 15.8 Å². The van der Waals surface area contributed by atoms with E-state index in [0.717, 1.165) is 0 Å². The summed E-state index contributed by atoms with van der Waals surface area (Å²) in [5.41, 5.74) is 5.47. The molecule has 0 saturated heterocycles. The lowest BCUT2D eigenvalue weighted by Crippen LogP contribution is -2.14. The lowest BCUT2D eigenvalue weighted by molar-refractivity contribution is 0.102. The summed E-state index contributed by atoms with van der Waals surface area (Å²) in [7, 11) is 0. The van der Waals surface area contributed by atoms with Crippen LogP contribution in [0.2, 0.25) is 5.02 Å². The van der Waals surface area contributed by atoms with Crippen LogP contribution >= 0.6 is 11.6 Å². The zero-order chi connectivity index (χ0) is 14.0. The maximum absolute atomic E-state index is 13.5.